The molecule has 33 heavy (non-hydrogen) atoms. The lowest BCUT2D eigenvalue weighted by molar-refractivity contribution is -0.113. The summed E-state index contributed by atoms with van der Waals surface area (Å²) in [7, 11) is 0. The second-order valence-electron chi connectivity index (χ2n) is 7.42. The number of para-hydroxylation sites is 1. The summed E-state index contributed by atoms with van der Waals surface area (Å²) in [5.74, 6) is -0.356. The molecule has 0 aliphatic rings. The van der Waals surface area contributed by atoms with Gasteiger partial charge in [-0.15, -0.1) is 0 Å². The van der Waals surface area contributed by atoms with Crippen molar-refractivity contribution in [2.45, 2.75) is 19.0 Å². The number of halogens is 3. The van der Waals surface area contributed by atoms with Gasteiger partial charge in [0.1, 0.15) is 0 Å². The number of nitrogens with zero attached hydrogens (tertiary/aromatic N) is 2. The van der Waals surface area contributed by atoms with Crippen molar-refractivity contribution in [1.82, 2.24) is 9.55 Å². The van der Waals surface area contributed by atoms with Crippen LogP contribution in [-0.2, 0) is 4.79 Å². The van der Waals surface area contributed by atoms with Crippen LogP contribution in [0.1, 0.15) is 11.1 Å². The van der Waals surface area contributed by atoms with E-state index >= 15 is 0 Å². The average Bonchev–Trinajstić information content (AvgIpc) is 2.76. The monoisotopic (exact) mass is 517 g/mol. The van der Waals surface area contributed by atoms with Crippen LogP contribution in [0, 0.1) is 13.8 Å². The largest absolute Gasteiger partial charge is 0.323 e. The second kappa shape index (κ2) is 9.77. The number of aryl methyl sites for hydroxylation is 2. The third-order valence-electron chi connectivity index (χ3n) is 4.94. The Morgan fingerprint density at radius 2 is 1.73 bits per heavy atom. The Balaban J connectivity index is 1.70. The number of carbonyl (C=O) groups is 1. The van der Waals surface area contributed by atoms with Crippen LogP contribution >= 0.6 is 46.6 Å². The van der Waals surface area contributed by atoms with Crippen molar-refractivity contribution in [2.24, 2.45) is 0 Å². The van der Waals surface area contributed by atoms with Gasteiger partial charge in [0.2, 0.25) is 5.91 Å². The number of nitrogens with one attached hydrogen (secondary N) is 1. The summed E-state index contributed by atoms with van der Waals surface area (Å²) < 4.78 is 1.55. The lowest BCUT2D eigenvalue weighted by Gasteiger charge is -2.16. The predicted octanol–water partition coefficient (Wildman–Crippen LogP) is 6.69. The maximum absolute atomic E-state index is 13.4. The second-order valence-corrected chi connectivity index (χ2v) is 9.62. The summed E-state index contributed by atoms with van der Waals surface area (Å²) >= 11 is 19.4. The molecule has 0 radical (unpaired) electrons. The van der Waals surface area contributed by atoms with Gasteiger partial charge in [-0.1, -0.05) is 76.4 Å². The van der Waals surface area contributed by atoms with Crippen molar-refractivity contribution in [2.75, 3.05) is 11.1 Å². The lowest BCUT2D eigenvalue weighted by Crippen LogP contribution is -2.23. The minimum Gasteiger partial charge on any atom is -0.323 e. The van der Waals surface area contributed by atoms with Crippen LogP contribution in [-0.4, -0.2) is 21.2 Å². The lowest BCUT2D eigenvalue weighted by atomic mass is 10.1. The van der Waals surface area contributed by atoms with E-state index < -0.39 is 0 Å². The van der Waals surface area contributed by atoms with E-state index in [1.165, 1.54) is 12.1 Å². The molecule has 3 aromatic carbocycles. The highest BCUT2D eigenvalue weighted by molar-refractivity contribution is 7.99. The van der Waals surface area contributed by atoms with E-state index in [1.807, 2.05) is 38.1 Å². The first-order valence-electron chi connectivity index (χ1n) is 9.91. The van der Waals surface area contributed by atoms with Crippen molar-refractivity contribution in [3.05, 3.63) is 91.1 Å². The molecule has 4 rings (SSSR count). The maximum atomic E-state index is 13.4. The first-order chi connectivity index (χ1) is 15.7. The van der Waals surface area contributed by atoms with Gasteiger partial charge in [-0.2, -0.15) is 0 Å². The fourth-order valence-electron chi connectivity index (χ4n) is 3.45. The number of benzene rings is 3. The molecule has 1 N–H and O–H groups in total. The van der Waals surface area contributed by atoms with E-state index in [1.54, 1.807) is 22.8 Å². The molecule has 1 aromatic heterocycles. The van der Waals surface area contributed by atoms with Crippen LogP contribution in [0.3, 0.4) is 0 Å². The SMILES string of the molecule is Cc1ccc(-n2c(SCC(=O)Nc3c(Cl)cc(Cl)cc3Cl)nc3ccccc3c2=O)c(C)c1. The quantitative estimate of drug-likeness (QED) is 0.236. The molecule has 5 nitrogen and oxygen atoms in total. The van der Waals surface area contributed by atoms with Crippen LogP contribution in [0.4, 0.5) is 5.69 Å². The molecule has 0 saturated heterocycles. The number of aromatic nitrogens is 2. The average molecular weight is 519 g/mol. The van der Waals surface area contributed by atoms with Gasteiger partial charge in [-0.3, -0.25) is 14.2 Å². The minimum absolute atomic E-state index is 0.00895. The molecule has 0 unspecified atom stereocenters. The molecule has 0 saturated carbocycles. The Morgan fingerprint density at radius 3 is 2.42 bits per heavy atom. The van der Waals surface area contributed by atoms with Crippen molar-refractivity contribution < 1.29 is 4.79 Å². The zero-order valence-electron chi connectivity index (χ0n) is 17.7. The Labute approximate surface area is 209 Å². The molecular formula is C24H18Cl3N3O2S. The predicted molar refractivity (Wildman–Crippen MR) is 138 cm³/mol. The Morgan fingerprint density at radius 1 is 1.03 bits per heavy atom. The van der Waals surface area contributed by atoms with E-state index in [0.717, 1.165) is 28.6 Å². The summed E-state index contributed by atoms with van der Waals surface area (Å²) in [6, 6.07) is 16.0. The van der Waals surface area contributed by atoms with Gasteiger partial charge >= 0.3 is 0 Å². The van der Waals surface area contributed by atoms with Gasteiger partial charge in [0.05, 0.1) is 38.1 Å². The third kappa shape index (κ3) is 5.04. The van der Waals surface area contributed by atoms with E-state index in [4.69, 9.17) is 34.8 Å². The number of hydrogen-bond acceptors (Lipinski definition) is 4. The van der Waals surface area contributed by atoms with Crippen molar-refractivity contribution in [1.29, 1.82) is 0 Å². The summed E-state index contributed by atoms with van der Waals surface area (Å²) in [5.41, 5.74) is 3.39. The Kier molecular flexibility index (Phi) is 7.00. The van der Waals surface area contributed by atoms with Crippen LogP contribution < -0.4 is 10.9 Å². The van der Waals surface area contributed by atoms with E-state index in [9.17, 15) is 9.59 Å². The number of thioether (sulfide) groups is 1. The zero-order valence-corrected chi connectivity index (χ0v) is 20.7. The molecule has 1 heterocycles. The smallest absolute Gasteiger partial charge is 0.266 e. The van der Waals surface area contributed by atoms with Gasteiger partial charge < -0.3 is 5.32 Å². The van der Waals surface area contributed by atoms with E-state index in [0.29, 0.717) is 21.1 Å². The summed E-state index contributed by atoms with van der Waals surface area (Å²) in [6.45, 7) is 3.93. The molecule has 0 aliphatic carbocycles. The highest BCUT2D eigenvalue weighted by Crippen LogP contribution is 2.34. The molecule has 9 heteroatoms. The molecule has 0 fully saturated rings. The van der Waals surface area contributed by atoms with Gasteiger partial charge in [0, 0.05) is 5.02 Å². The van der Waals surface area contributed by atoms with Crippen LogP contribution in [0.15, 0.2) is 64.5 Å². The van der Waals surface area contributed by atoms with Crippen LogP contribution in [0.25, 0.3) is 16.6 Å². The zero-order chi connectivity index (χ0) is 23.7. The van der Waals surface area contributed by atoms with Crippen LogP contribution in [0.5, 0.6) is 0 Å². The number of carbonyl (C=O) groups excluding carboxylic acids is 1. The highest BCUT2D eigenvalue weighted by atomic mass is 35.5. The fraction of sp³-hybridized carbons (Fsp3) is 0.125. The normalized spacial score (nSPS) is 11.1. The number of rotatable bonds is 5. The Bertz CT molecular complexity index is 1430. The molecule has 1 amide bonds. The summed E-state index contributed by atoms with van der Waals surface area (Å²) in [4.78, 5) is 30.8. The van der Waals surface area contributed by atoms with Crippen molar-refractivity contribution in [3.8, 4) is 5.69 Å². The van der Waals surface area contributed by atoms with Gasteiger partial charge in [0.15, 0.2) is 5.16 Å². The summed E-state index contributed by atoms with van der Waals surface area (Å²) in [5, 5.41) is 4.47. The number of anilines is 1. The topological polar surface area (TPSA) is 64.0 Å². The first kappa shape index (κ1) is 23.6. The van der Waals surface area contributed by atoms with Gasteiger partial charge in [0.25, 0.3) is 5.56 Å². The standard InChI is InChI=1S/C24H18Cl3N3O2S/c1-13-7-8-20(14(2)9-13)30-23(32)16-5-3-4-6-19(16)28-24(30)33-12-21(31)29-22-17(26)10-15(25)11-18(22)27/h3-11H,12H2,1-2H3,(H,29,31). The number of amides is 1. The van der Waals surface area contributed by atoms with Gasteiger partial charge in [-0.25, -0.2) is 4.98 Å². The molecule has 0 aliphatic heterocycles. The summed E-state index contributed by atoms with van der Waals surface area (Å²) in [6.07, 6.45) is 0. The van der Waals surface area contributed by atoms with Crippen LogP contribution in [0.2, 0.25) is 15.1 Å². The van der Waals surface area contributed by atoms with E-state index in [2.05, 4.69) is 10.3 Å². The van der Waals surface area contributed by atoms with E-state index in [-0.39, 0.29) is 33.0 Å². The number of fused-ring (bicyclic) bond motifs is 1. The molecule has 0 bridgehead atoms. The molecule has 168 valence electrons. The molecule has 4 aromatic rings. The van der Waals surface area contributed by atoms with Crippen molar-refractivity contribution >= 4 is 69.1 Å². The number of hydrogen-bond donors (Lipinski definition) is 1. The molecule has 0 atom stereocenters. The minimum atomic E-state index is -0.347. The van der Waals surface area contributed by atoms with Crippen molar-refractivity contribution in [3.63, 3.8) is 0 Å². The Hall–Kier alpha value is -2.51. The third-order valence-corrected chi connectivity index (χ3v) is 6.69. The fourth-order valence-corrected chi connectivity index (χ4v) is 5.16. The molecular weight excluding hydrogens is 501 g/mol. The highest BCUT2D eigenvalue weighted by Gasteiger charge is 2.17. The first-order valence-corrected chi connectivity index (χ1v) is 12.0. The van der Waals surface area contributed by atoms with Gasteiger partial charge in [-0.05, 0) is 49.7 Å². The molecule has 0 spiro atoms. The maximum Gasteiger partial charge on any atom is 0.266 e.